The molecule has 1 aromatic heterocycles. The van der Waals surface area contributed by atoms with Gasteiger partial charge >= 0.3 is 0 Å². The molecule has 2 aromatic carbocycles. The fourth-order valence-corrected chi connectivity index (χ4v) is 4.17. The number of hydrogen-bond donors (Lipinski definition) is 0. The highest BCUT2D eigenvalue weighted by molar-refractivity contribution is 9.11. The van der Waals surface area contributed by atoms with Gasteiger partial charge in [0.2, 0.25) is 0 Å². The lowest BCUT2D eigenvalue weighted by Crippen LogP contribution is -2.01. The number of halogens is 2. The maximum atomic E-state index is 12.4. The van der Waals surface area contributed by atoms with Gasteiger partial charge in [0.15, 0.2) is 5.43 Å². The van der Waals surface area contributed by atoms with Gasteiger partial charge in [0.25, 0.3) is 0 Å². The van der Waals surface area contributed by atoms with Crippen molar-refractivity contribution < 1.29 is 0 Å². The van der Waals surface area contributed by atoms with Gasteiger partial charge in [-0.1, -0.05) is 22.0 Å². The van der Waals surface area contributed by atoms with Crippen LogP contribution in [-0.4, -0.2) is 0 Å². The smallest absolute Gasteiger partial charge is 0.197 e. The summed E-state index contributed by atoms with van der Waals surface area (Å²) in [6.45, 7) is 0. The molecule has 0 radical (unpaired) electrons. The quantitative estimate of drug-likeness (QED) is 0.513. The average Bonchev–Trinajstić information content (AvgIpc) is 2.28. The fourth-order valence-electron chi connectivity index (χ4n) is 1.83. The molecular weight excluding hydrogens is 364 g/mol. The summed E-state index contributed by atoms with van der Waals surface area (Å²) in [6.07, 6.45) is 0. The molecule has 0 N–H and O–H groups in total. The highest BCUT2D eigenvalue weighted by Gasteiger charge is 2.08. The van der Waals surface area contributed by atoms with Gasteiger partial charge < -0.3 is 0 Å². The minimum atomic E-state index is 0.0914. The van der Waals surface area contributed by atoms with Crippen molar-refractivity contribution in [3.8, 4) is 0 Å². The largest absolute Gasteiger partial charge is 0.288 e. The van der Waals surface area contributed by atoms with Gasteiger partial charge in [-0.15, -0.1) is 11.3 Å². The van der Waals surface area contributed by atoms with Crippen molar-refractivity contribution in [2.24, 2.45) is 0 Å². The molecule has 1 nitrogen and oxygen atoms in total. The van der Waals surface area contributed by atoms with Crippen molar-refractivity contribution in [1.82, 2.24) is 0 Å². The molecule has 0 saturated heterocycles. The van der Waals surface area contributed by atoms with Crippen LogP contribution in [0.2, 0.25) is 0 Å². The monoisotopic (exact) mass is 368 g/mol. The first kappa shape index (κ1) is 11.4. The summed E-state index contributed by atoms with van der Waals surface area (Å²) in [4.78, 5) is 12.4. The molecule has 0 aliphatic heterocycles. The third kappa shape index (κ3) is 1.84. The summed E-state index contributed by atoms with van der Waals surface area (Å²) in [6, 6.07) is 11.6. The van der Waals surface area contributed by atoms with E-state index in [1.165, 1.54) is 0 Å². The molecule has 17 heavy (non-hydrogen) atoms. The van der Waals surface area contributed by atoms with Crippen LogP contribution < -0.4 is 5.43 Å². The maximum absolute atomic E-state index is 12.4. The molecule has 0 aliphatic carbocycles. The topological polar surface area (TPSA) is 17.1 Å². The molecule has 0 spiro atoms. The predicted molar refractivity (Wildman–Crippen MR) is 81.0 cm³/mol. The summed E-state index contributed by atoms with van der Waals surface area (Å²) in [5.74, 6) is 0. The van der Waals surface area contributed by atoms with Crippen molar-refractivity contribution in [1.29, 1.82) is 0 Å². The van der Waals surface area contributed by atoms with Crippen LogP contribution in [-0.2, 0) is 0 Å². The Morgan fingerprint density at radius 3 is 2.65 bits per heavy atom. The van der Waals surface area contributed by atoms with E-state index in [1.807, 2.05) is 36.4 Å². The lowest BCUT2D eigenvalue weighted by atomic mass is 10.2. The third-order valence-electron chi connectivity index (χ3n) is 2.61. The van der Waals surface area contributed by atoms with Gasteiger partial charge in [0.05, 0.1) is 5.39 Å². The molecule has 3 rings (SSSR count). The van der Waals surface area contributed by atoms with Gasteiger partial charge in [-0.3, -0.25) is 4.79 Å². The average molecular weight is 370 g/mol. The van der Waals surface area contributed by atoms with Crippen LogP contribution in [0.4, 0.5) is 0 Å². The molecule has 4 heteroatoms. The molecule has 0 amide bonds. The summed E-state index contributed by atoms with van der Waals surface area (Å²) >= 11 is 8.51. The highest BCUT2D eigenvalue weighted by atomic mass is 79.9. The van der Waals surface area contributed by atoms with Gasteiger partial charge in [-0.05, 0) is 46.3 Å². The molecule has 0 aliphatic rings. The summed E-state index contributed by atoms with van der Waals surface area (Å²) in [5, 5.41) is 1.55. The first-order valence-corrected chi connectivity index (χ1v) is 7.37. The van der Waals surface area contributed by atoms with E-state index in [0.29, 0.717) is 0 Å². The SMILES string of the molecule is O=c1c2ccc(Br)cc2sc2cccc(Br)c12. The lowest BCUT2D eigenvalue weighted by Gasteiger charge is -2.02. The zero-order valence-corrected chi connectivity index (χ0v) is 12.5. The molecule has 0 bridgehead atoms. The number of hydrogen-bond acceptors (Lipinski definition) is 2. The first-order chi connectivity index (χ1) is 8.16. The molecule has 84 valence electrons. The minimum absolute atomic E-state index is 0.0914. The first-order valence-electron chi connectivity index (χ1n) is 4.97. The standard InChI is InChI=1S/C13H6Br2OS/c14-7-4-5-8-11(6-7)17-10-3-1-2-9(15)12(10)13(8)16/h1-6H. The van der Waals surface area contributed by atoms with Gasteiger partial charge in [-0.25, -0.2) is 0 Å². The zero-order valence-electron chi connectivity index (χ0n) is 8.54. The van der Waals surface area contributed by atoms with Crippen LogP contribution >= 0.6 is 43.2 Å². The summed E-state index contributed by atoms with van der Waals surface area (Å²) in [5.41, 5.74) is 0.0914. The van der Waals surface area contributed by atoms with Gasteiger partial charge in [0.1, 0.15) is 0 Å². The molecular formula is C13H6Br2OS. The summed E-state index contributed by atoms with van der Waals surface area (Å²) in [7, 11) is 0. The molecule has 1 heterocycles. The van der Waals surface area contributed by atoms with E-state index in [4.69, 9.17) is 0 Å². The van der Waals surface area contributed by atoms with Gasteiger partial charge in [-0.2, -0.15) is 0 Å². The van der Waals surface area contributed by atoms with Crippen molar-refractivity contribution in [3.05, 3.63) is 55.6 Å². The second-order valence-corrected chi connectivity index (χ2v) is 6.54. The van der Waals surface area contributed by atoms with E-state index in [-0.39, 0.29) is 5.43 Å². The second-order valence-electron chi connectivity index (χ2n) is 3.68. The predicted octanol–water partition coefficient (Wildman–Crippen LogP) is 4.94. The fraction of sp³-hybridized carbons (Fsp3) is 0. The Bertz CT molecular complexity index is 792. The van der Waals surface area contributed by atoms with Crippen LogP contribution in [0.25, 0.3) is 20.2 Å². The van der Waals surface area contributed by atoms with E-state index >= 15 is 0 Å². The van der Waals surface area contributed by atoms with Crippen LogP contribution in [0.5, 0.6) is 0 Å². The number of rotatable bonds is 0. The Morgan fingerprint density at radius 1 is 1.00 bits per heavy atom. The van der Waals surface area contributed by atoms with Crippen molar-refractivity contribution in [2.75, 3.05) is 0 Å². The van der Waals surface area contributed by atoms with Crippen LogP contribution in [0, 0.1) is 0 Å². The van der Waals surface area contributed by atoms with Crippen molar-refractivity contribution in [3.63, 3.8) is 0 Å². The number of benzene rings is 2. The van der Waals surface area contributed by atoms with E-state index in [1.54, 1.807) is 11.3 Å². The van der Waals surface area contributed by atoms with Crippen molar-refractivity contribution in [2.45, 2.75) is 0 Å². The Morgan fingerprint density at radius 2 is 1.82 bits per heavy atom. The Kier molecular flexibility index (Phi) is 2.81. The molecule has 0 saturated carbocycles. The third-order valence-corrected chi connectivity index (χ3v) is 4.88. The molecule has 0 atom stereocenters. The zero-order chi connectivity index (χ0) is 12.0. The molecule has 0 fully saturated rings. The van der Waals surface area contributed by atoms with E-state index in [0.717, 1.165) is 29.1 Å². The Hall–Kier alpha value is -0.710. The van der Waals surface area contributed by atoms with Crippen molar-refractivity contribution >= 4 is 63.4 Å². The summed E-state index contributed by atoms with van der Waals surface area (Å²) < 4.78 is 3.88. The highest BCUT2D eigenvalue weighted by Crippen LogP contribution is 2.30. The lowest BCUT2D eigenvalue weighted by molar-refractivity contribution is 1.69. The normalized spacial score (nSPS) is 11.2. The molecule has 0 unspecified atom stereocenters. The van der Waals surface area contributed by atoms with Crippen LogP contribution in [0.15, 0.2) is 50.1 Å². The van der Waals surface area contributed by atoms with E-state index in [9.17, 15) is 4.79 Å². The van der Waals surface area contributed by atoms with E-state index in [2.05, 4.69) is 31.9 Å². The van der Waals surface area contributed by atoms with E-state index < -0.39 is 0 Å². The van der Waals surface area contributed by atoms with Gasteiger partial charge in [0, 0.05) is 23.7 Å². The molecule has 3 aromatic rings. The Balaban J connectivity index is 2.62. The minimum Gasteiger partial charge on any atom is -0.288 e. The Labute approximate surface area is 118 Å². The number of fused-ring (bicyclic) bond motifs is 2. The second kappa shape index (κ2) is 4.19. The van der Waals surface area contributed by atoms with Crippen LogP contribution in [0.1, 0.15) is 0 Å². The maximum Gasteiger partial charge on any atom is 0.197 e. The van der Waals surface area contributed by atoms with Crippen LogP contribution in [0.3, 0.4) is 0 Å².